The molecule has 3 aromatic rings. The Morgan fingerprint density at radius 3 is 2.72 bits per heavy atom. The summed E-state index contributed by atoms with van der Waals surface area (Å²) in [5, 5.41) is 4.01. The first-order valence-corrected chi connectivity index (χ1v) is 8.36. The van der Waals surface area contributed by atoms with Gasteiger partial charge in [0.05, 0.1) is 13.3 Å². The predicted molar refractivity (Wildman–Crippen MR) is 102 cm³/mol. The van der Waals surface area contributed by atoms with E-state index in [9.17, 15) is 4.79 Å². The maximum atomic E-state index is 12.0. The van der Waals surface area contributed by atoms with Crippen LogP contribution < -0.4 is 10.2 Å². The van der Waals surface area contributed by atoms with Gasteiger partial charge in [-0.25, -0.2) is 5.43 Å². The van der Waals surface area contributed by atoms with Crippen LogP contribution in [0, 0.1) is 0 Å². The zero-order chi connectivity index (χ0) is 17.6. The number of benzene rings is 2. The SMILES string of the molecule is COc1ccc(-n2ccc(/C=N\NC(=O)c3cccc(Br)c3)c2)cc1. The molecule has 3 rings (SSSR count). The molecule has 1 aromatic heterocycles. The van der Waals surface area contributed by atoms with Crippen molar-refractivity contribution < 1.29 is 9.53 Å². The molecule has 0 saturated carbocycles. The minimum absolute atomic E-state index is 0.257. The van der Waals surface area contributed by atoms with Gasteiger partial charge in [-0.15, -0.1) is 0 Å². The Kier molecular flexibility index (Phi) is 5.30. The number of hydrogen-bond acceptors (Lipinski definition) is 3. The van der Waals surface area contributed by atoms with Gasteiger partial charge in [-0.3, -0.25) is 4.79 Å². The highest BCUT2D eigenvalue weighted by Gasteiger charge is 2.04. The van der Waals surface area contributed by atoms with E-state index in [0.717, 1.165) is 21.5 Å². The Labute approximate surface area is 154 Å². The van der Waals surface area contributed by atoms with Crippen molar-refractivity contribution in [3.05, 3.63) is 82.6 Å². The second kappa shape index (κ2) is 7.81. The normalized spacial score (nSPS) is 10.8. The quantitative estimate of drug-likeness (QED) is 0.522. The third-order valence-corrected chi connectivity index (χ3v) is 4.05. The molecule has 0 unspecified atom stereocenters. The van der Waals surface area contributed by atoms with Crippen molar-refractivity contribution in [2.24, 2.45) is 5.10 Å². The number of amides is 1. The summed E-state index contributed by atoms with van der Waals surface area (Å²) in [5.41, 5.74) is 4.96. The Balaban J connectivity index is 1.64. The molecule has 0 saturated heterocycles. The maximum Gasteiger partial charge on any atom is 0.271 e. The van der Waals surface area contributed by atoms with Gasteiger partial charge >= 0.3 is 0 Å². The first kappa shape index (κ1) is 17.0. The Hall–Kier alpha value is -2.86. The van der Waals surface area contributed by atoms with Crippen LogP contribution in [-0.2, 0) is 0 Å². The molecule has 0 atom stereocenters. The molecule has 1 N–H and O–H groups in total. The molecule has 25 heavy (non-hydrogen) atoms. The third kappa shape index (κ3) is 4.36. The van der Waals surface area contributed by atoms with Gasteiger partial charge in [0.2, 0.25) is 0 Å². The van der Waals surface area contributed by atoms with E-state index in [0.29, 0.717) is 5.56 Å². The summed E-state index contributed by atoms with van der Waals surface area (Å²) in [6.45, 7) is 0. The number of halogens is 1. The lowest BCUT2D eigenvalue weighted by Crippen LogP contribution is -2.17. The lowest BCUT2D eigenvalue weighted by molar-refractivity contribution is 0.0955. The monoisotopic (exact) mass is 397 g/mol. The number of nitrogens with one attached hydrogen (secondary N) is 1. The molecule has 1 amide bonds. The molecule has 0 aliphatic carbocycles. The van der Waals surface area contributed by atoms with Crippen LogP contribution in [0.3, 0.4) is 0 Å². The van der Waals surface area contributed by atoms with Crippen molar-refractivity contribution in [1.29, 1.82) is 0 Å². The lowest BCUT2D eigenvalue weighted by atomic mass is 10.2. The summed E-state index contributed by atoms with van der Waals surface area (Å²) < 4.78 is 7.97. The van der Waals surface area contributed by atoms with Gasteiger partial charge in [0.1, 0.15) is 5.75 Å². The van der Waals surface area contributed by atoms with Crippen molar-refractivity contribution in [3.8, 4) is 11.4 Å². The fourth-order valence-electron chi connectivity index (χ4n) is 2.26. The highest BCUT2D eigenvalue weighted by Crippen LogP contribution is 2.15. The number of methoxy groups -OCH3 is 1. The van der Waals surface area contributed by atoms with E-state index in [1.54, 1.807) is 31.5 Å². The van der Waals surface area contributed by atoms with E-state index in [-0.39, 0.29) is 5.91 Å². The smallest absolute Gasteiger partial charge is 0.271 e. The van der Waals surface area contributed by atoms with Crippen LogP contribution in [0.5, 0.6) is 5.75 Å². The third-order valence-electron chi connectivity index (χ3n) is 3.55. The lowest BCUT2D eigenvalue weighted by Gasteiger charge is -2.04. The number of rotatable bonds is 5. The molecular formula is C19H16BrN3O2. The Morgan fingerprint density at radius 1 is 1.20 bits per heavy atom. The summed E-state index contributed by atoms with van der Waals surface area (Å²) >= 11 is 3.34. The van der Waals surface area contributed by atoms with Gasteiger partial charge in [0, 0.05) is 33.7 Å². The largest absolute Gasteiger partial charge is 0.497 e. The van der Waals surface area contributed by atoms with Crippen molar-refractivity contribution in [1.82, 2.24) is 9.99 Å². The fraction of sp³-hybridized carbons (Fsp3) is 0.0526. The number of hydrazone groups is 1. The Bertz CT molecular complexity index is 901. The zero-order valence-corrected chi connectivity index (χ0v) is 15.1. The molecule has 6 heteroatoms. The fourth-order valence-corrected chi connectivity index (χ4v) is 2.66. The summed E-state index contributed by atoms with van der Waals surface area (Å²) in [7, 11) is 1.64. The molecule has 5 nitrogen and oxygen atoms in total. The molecular weight excluding hydrogens is 382 g/mol. The van der Waals surface area contributed by atoms with Crippen molar-refractivity contribution in [2.75, 3.05) is 7.11 Å². The van der Waals surface area contributed by atoms with E-state index < -0.39 is 0 Å². The van der Waals surface area contributed by atoms with Crippen LogP contribution in [0.1, 0.15) is 15.9 Å². The van der Waals surface area contributed by atoms with Gasteiger partial charge in [-0.05, 0) is 48.5 Å². The van der Waals surface area contributed by atoms with Crippen molar-refractivity contribution >= 4 is 28.1 Å². The van der Waals surface area contributed by atoms with E-state index in [1.807, 2.05) is 53.4 Å². The number of nitrogens with zero attached hydrogens (tertiary/aromatic N) is 2. The van der Waals surface area contributed by atoms with Crippen LogP contribution in [0.25, 0.3) is 5.69 Å². The number of ether oxygens (including phenoxy) is 1. The predicted octanol–water partition coefficient (Wildman–Crippen LogP) is 4.01. The van der Waals surface area contributed by atoms with Crippen LogP contribution in [0.15, 0.2) is 76.6 Å². The second-order valence-electron chi connectivity index (χ2n) is 5.26. The molecule has 0 radical (unpaired) electrons. The van der Waals surface area contributed by atoms with Gasteiger partial charge in [0.15, 0.2) is 0 Å². The van der Waals surface area contributed by atoms with Gasteiger partial charge in [-0.1, -0.05) is 22.0 Å². The number of carbonyl (C=O) groups excluding carboxylic acids is 1. The van der Waals surface area contributed by atoms with E-state index in [4.69, 9.17) is 4.74 Å². The molecule has 0 spiro atoms. The molecule has 0 fully saturated rings. The molecule has 126 valence electrons. The molecule has 0 bridgehead atoms. The number of hydrogen-bond donors (Lipinski definition) is 1. The minimum atomic E-state index is -0.257. The highest BCUT2D eigenvalue weighted by atomic mass is 79.9. The second-order valence-corrected chi connectivity index (χ2v) is 6.18. The average molecular weight is 398 g/mol. The standard InChI is InChI=1S/C19H16BrN3O2/c1-25-18-7-5-17(6-8-18)23-10-9-14(13-23)12-21-22-19(24)15-3-2-4-16(20)11-15/h2-13H,1H3,(H,22,24)/b21-12-. The number of carbonyl (C=O) groups is 1. The topological polar surface area (TPSA) is 55.6 Å². The first-order valence-electron chi connectivity index (χ1n) is 7.57. The summed E-state index contributed by atoms with van der Waals surface area (Å²) in [6.07, 6.45) is 5.46. The van der Waals surface area contributed by atoms with E-state index in [2.05, 4.69) is 26.5 Å². The first-order chi connectivity index (χ1) is 12.2. The summed E-state index contributed by atoms with van der Waals surface area (Å²) in [4.78, 5) is 12.0. The van der Waals surface area contributed by atoms with Crippen LogP contribution in [-0.4, -0.2) is 23.8 Å². The summed E-state index contributed by atoms with van der Waals surface area (Å²) in [6, 6.07) is 16.8. The number of aromatic nitrogens is 1. The van der Waals surface area contributed by atoms with Gasteiger partial charge in [0.25, 0.3) is 5.91 Å². The Morgan fingerprint density at radius 2 is 2.00 bits per heavy atom. The average Bonchev–Trinajstić information content (AvgIpc) is 3.10. The van der Waals surface area contributed by atoms with E-state index >= 15 is 0 Å². The maximum absolute atomic E-state index is 12.0. The molecule has 1 heterocycles. The van der Waals surface area contributed by atoms with Crippen LogP contribution in [0.2, 0.25) is 0 Å². The van der Waals surface area contributed by atoms with Crippen molar-refractivity contribution in [3.63, 3.8) is 0 Å². The van der Waals surface area contributed by atoms with Crippen molar-refractivity contribution in [2.45, 2.75) is 0 Å². The minimum Gasteiger partial charge on any atom is -0.497 e. The molecule has 0 aliphatic heterocycles. The van der Waals surface area contributed by atoms with Crippen LogP contribution in [0.4, 0.5) is 0 Å². The zero-order valence-electron chi connectivity index (χ0n) is 13.5. The van der Waals surface area contributed by atoms with Gasteiger partial charge < -0.3 is 9.30 Å². The molecule has 2 aromatic carbocycles. The van der Waals surface area contributed by atoms with E-state index in [1.165, 1.54) is 0 Å². The van der Waals surface area contributed by atoms with Crippen LogP contribution >= 0.6 is 15.9 Å². The summed E-state index contributed by atoms with van der Waals surface area (Å²) in [5.74, 6) is 0.556. The van der Waals surface area contributed by atoms with Gasteiger partial charge in [-0.2, -0.15) is 5.10 Å². The molecule has 0 aliphatic rings. The highest BCUT2D eigenvalue weighted by molar-refractivity contribution is 9.10.